The van der Waals surface area contributed by atoms with Crippen LogP contribution in [0.25, 0.3) is 10.8 Å². The van der Waals surface area contributed by atoms with E-state index in [2.05, 4.69) is 32.4 Å². The van der Waals surface area contributed by atoms with E-state index in [4.69, 9.17) is 15.9 Å². The van der Waals surface area contributed by atoms with Crippen molar-refractivity contribution < 1.29 is 14.3 Å². The van der Waals surface area contributed by atoms with Gasteiger partial charge in [-0.3, -0.25) is 4.79 Å². The molecule has 146 valence electrons. The molecule has 0 spiro atoms. The molecule has 0 aliphatic rings. The number of carbonyl (C=O) groups excluding carboxylic acids is 1. The Morgan fingerprint density at radius 1 is 1.24 bits per heavy atom. The van der Waals surface area contributed by atoms with E-state index in [1.807, 2.05) is 48.5 Å². The van der Waals surface area contributed by atoms with Gasteiger partial charge in [0.1, 0.15) is 18.1 Å². The smallest absolute Gasteiger partial charge is 0.280 e. The number of ether oxygens (including phenoxy) is 2. The maximum atomic E-state index is 12.4. The zero-order chi connectivity index (χ0) is 20.6. The van der Waals surface area contributed by atoms with Gasteiger partial charge in [0.15, 0.2) is 6.10 Å². The van der Waals surface area contributed by atoms with Crippen molar-refractivity contribution in [3.63, 3.8) is 0 Å². The predicted octanol–water partition coefficient (Wildman–Crippen LogP) is 4.53. The highest BCUT2D eigenvalue weighted by atomic mass is 79.9. The molecule has 0 heterocycles. The number of hydrogen-bond donors (Lipinski definition) is 1. The highest BCUT2D eigenvalue weighted by Gasteiger charge is 2.15. The van der Waals surface area contributed by atoms with Gasteiger partial charge in [-0.05, 0) is 36.6 Å². The van der Waals surface area contributed by atoms with Gasteiger partial charge in [0, 0.05) is 15.4 Å². The Morgan fingerprint density at radius 3 is 2.86 bits per heavy atom. The molecule has 3 rings (SSSR count). The van der Waals surface area contributed by atoms with Crippen LogP contribution in [-0.2, 0) is 4.79 Å². The van der Waals surface area contributed by atoms with E-state index in [1.54, 1.807) is 19.1 Å². The summed E-state index contributed by atoms with van der Waals surface area (Å²) in [5.74, 6) is 3.32. The second kappa shape index (κ2) is 9.76. The molecule has 0 bridgehead atoms. The van der Waals surface area contributed by atoms with Gasteiger partial charge in [0.05, 0.1) is 6.21 Å². The quantitative estimate of drug-likeness (QED) is 0.326. The molecule has 0 unspecified atom stereocenters. The number of halogens is 1. The van der Waals surface area contributed by atoms with Crippen LogP contribution in [0.2, 0.25) is 0 Å². The fraction of sp³-hybridized carbons (Fsp3) is 0.130. The number of nitrogens with zero attached hydrogens (tertiary/aromatic N) is 1. The molecular formula is C23H19BrN2O3. The highest BCUT2D eigenvalue weighted by Crippen LogP contribution is 2.26. The Kier molecular flexibility index (Phi) is 6.88. The molecule has 0 saturated carbocycles. The molecule has 0 radical (unpaired) electrons. The van der Waals surface area contributed by atoms with Gasteiger partial charge in [0.2, 0.25) is 0 Å². The minimum atomic E-state index is -0.716. The Balaban J connectivity index is 1.64. The number of terminal acetylenes is 1. The Hall–Kier alpha value is -3.30. The van der Waals surface area contributed by atoms with Gasteiger partial charge in [0.25, 0.3) is 5.91 Å². The van der Waals surface area contributed by atoms with Gasteiger partial charge in [-0.25, -0.2) is 5.43 Å². The van der Waals surface area contributed by atoms with Crippen molar-refractivity contribution in [2.24, 2.45) is 5.10 Å². The molecule has 1 N–H and O–H groups in total. The summed E-state index contributed by atoms with van der Waals surface area (Å²) in [6.45, 7) is 1.86. The molecule has 5 nitrogen and oxygen atoms in total. The molecule has 0 aromatic heterocycles. The van der Waals surface area contributed by atoms with Crippen LogP contribution >= 0.6 is 15.9 Å². The van der Waals surface area contributed by atoms with Crippen LogP contribution in [0, 0.1) is 12.3 Å². The summed E-state index contributed by atoms with van der Waals surface area (Å²) < 4.78 is 12.0. The number of amides is 1. The first-order valence-corrected chi connectivity index (χ1v) is 9.71. The predicted molar refractivity (Wildman–Crippen MR) is 118 cm³/mol. The number of carbonyl (C=O) groups is 1. The Labute approximate surface area is 177 Å². The van der Waals surface area contributed by atoms with Crippen LogP contribution in [0.5, 0.6) is 11.5 Å². The average molecular weight is 451 g/mol. The van der Waals surface area contributed by atoms with E-state index in [9.17, 15) is 4.79 Å². The van der Waals surface area contributed by atoms with Crippen molar-refractivity contribution in [1.82, 2.24) is 5.43 Å². The Bertz CT molecular complexity index is 1080. The topological polar surface area (TPSA) is 59.9 Å². The number of fused-ring (bicyclic) bond motifs is 1. The van der Waals surface area contributed by atoms with Crippen molar-refractivity contribution in [3.05, 3.63) is 70.7 Å². The fourth-order valence-electron chi connectivity index (χ4n) is 2.63. The summed E-state index contributed by atoms with van der Waals surface area (Å²) in [6, 6.07) is 19.0. The van der Waals surface area contributed by atoms with Crippen molar-refractivity contribution in [2.45, 2.75) is 13.0 Å². The van der Waals surface area contributed by atoms with E-state index in [-0.39, 0.29) is 12.5 Å². The lowest BCUT2D eigenvalue weighted by Gasteiger charge is -2.14. The molecule has 0 aliphatic carbocycles. The monoisotopic (exact) mass is 450 g/mol. The number of hydrazone groups is 1. The molecule has 3 aromatic rings. The molecule has 29 heavy (non-hydrogen) atoms. The summed E-state index contributed by atoms with van der Waals surface area (Å²) >= 11 is 3.44. The van der Waals surface area contributed by atoms with E-state index in [0.717, 1.165) is 20.8 Å². The minimum absolute atomic E-state index is 0.179. The number of nitrogens with one attached hydrogen (secondary N) is 1. The second-order valence-corrected chi connectivity index (χ2v) is 7.00. The number of benzene rings is 3. The number of rotatable bonds is 7. The first kappa shape index (κ1) is 20.4. The zero-order valence-corrected chi connectivity index (χ0v) is 17.3. The van der Waals surface area contributed by atoms with Gasteiger partial charge >= 0.3 is 0 Å². The van der Waals surface area contributed by atoms with Crippen molar-refractivity contribution in [1.29, 1.82) is 0 Å². The SMILES string of the molecule is C#CCOc1ccc(Br)c(/C=N\NC(=O)[C@@H](C)Oc2cccc3ccccc23)c1. The van der Waals surface area contributed by atoms with E-state index >= 15 is 0 Å². The van der Waals surface area contributed by atoms with Crippen molar-refractivity contribution in [2.75, 3.05) is 6.61 Å². The summed E-state index contributed by atoms with van der Waals surface area (Å²) in [5, 5.41) is 6.02. The van der Waals surface area contributed by atoms with Gasteiger partial charge < -0.3 is 9.47 Å². The average Bonchev–Trinajstić information content (AvgIpc) is 2.74. The van der Waals surface area contributed by atoms with Crippen LogP contribution in [-0.4, -0.2) is 24.8 Å². The molecule has 0 saturated heterocycles. The molecule has 1 atom stereocenters. The molecule has 0 fully saturated rings. The number of hydrogen-bond acceptors (Lipinski definition) is 4. The van der Waals surface area contributed by atoms with E-state index in [0.29, 0.717) is 11.5 Å². The maximum Gasteiger partial charge on any atom is 0.280 e. The van der Waals surface area contributed by atoms with Gasteiger partial charge in [-0.2, -0.15) is 5.10 Å². The van der Waals surface area contributed by atoms with E-state index < -0.39 is 6.10 Å². The minimum Gasteiger partial charge on any atom is -0.481 e. The summed E-state index contributed by atoms with van der Waals surface area (Å²) in [4.78, 5) is 12.4. The van der Waals surface area contributed by atoms with Crippen LogP contribution in [0.15, 0.2) is 70.2 Å². The maximum absolute atomic E-state index is 12.4. The molecular weight excluding hydrogens is 432 g/mol. The Morgan fingerprint density at radius 2 is 2.03 bits per heavy atom. The fourth-order valence-corrected chi connectivity index (χ4v) is 2.98. The third kappa shape index (κ3) is 5.37. The molecule has 1 amide bonds. The lowest BCUT2D eigenvalue weighted by molar-refractivity contribution is -0.127. The van der Waals surface area contributed by atoms with Crippen LogP contribution < -0.4 is 14.9 Å². The van der Waals surface area contributed by atoms with Crippen molar-refractivity contribution >= 4 is 38.8 Å². The largest absolute Gasteiger partial charge is 0.481 e. The third-order valence-corrected chi connectivity index (χ3v) is 4.81. The molecule has 6 heteroatoms. The molecule has 0 aliphatic heterocycles. The summed E-state index contributed by atoms with van der Waals surface area (Å²) in [7, 11) is 0. The molecule has 3 aromatic carbocycles. The first-order valence-electron chi connectivity index (χ1n) is 8.91. The summed E-state index contributed by atoms with van der Waals surface area (Å²) in [6.07, 6.45) is 6.01. The van der Waals surface area contributed by atoms with E-state index in [1.165, 1.54) is 6.21 Å². The van der Waals surface area contributed by atoms with Crippen molar-refractivity contribution in [3.8, 4) is 23.8 Å². The van der Waals surface area contributed by atoms with Crippen LogP contribution in [0.1, 0.15) is 12.5 Å². The summed E-state index contributed by atoms with van der Waals surface area (Å²) in [5.41, 5.74) is 3.24. The van der Waals surface area contributed by atoms with Crippen LogP contribution in [0.3, 0.4) is 0 Å². The standard InChI is InChI=1S/C23H19BrN2O3/c1-3-13-28-19-11-12-21(24)18(14-19)15-25-26-23(27)16(2)29-22-10-6-8-17-7-4-5-9-20(17)22/h1,4-12,14-16H,13H2,2H3,(H,26,27)/b25-15-/t16-/m1/s1. The normalized spacial score (nSPS) is 11.8. The van der Waals surface area contributed by atoms with Gasteiger partial charge in [-0.15, -0.1) is 6.42 Å². The van der Waals surface area contributed by atoms with Crippen LogP contribution in [0.4, 0.5) is 0 Å². The first-order chi connectivity index (χ1) is 14.1. The lowest BCUT2D eigenvalue weighted by atomic mass is 10.1. The van der Waals surface area contributed by atoms with Gasteiger partial charge in [-0.1, -0.05) is 58.2 Å². The third-order valence-electron chi connectivity index (χ3n) is 4.09. The lowest BCUT2D eigenvalue weighted by Crippen LogP contribution is -2.33. The highest BCUT2D eigenvalue weighted by molar-refractivity contribution is 9.10. The second-order valence-electron chi connectivity index (χ2n) is 6.15. The zero-order valence-electron chi connectivity index (χ0n) is 15.8.